The zero-order chi connectivity index (χ0) is 14.2. The van der Waals surface area contributed by atoms with Gasteiger partial charge < -0.3 is 10.6 Å². The minimum Gasteiger partial charge on any atom is -0.342 e. The van der Waals surface area contributed by atoms with Crippen LogP contribution < -0.4 is 5.73 Å². The summed E-state index contributed by atoms with van der Waals surface area (Å²) in [6.07, 6.45) is 4.01. The number of piperidine rings is 1. The summed E-state index contributed by atoms with van der Waals surface area (Å²) in [5, 5.41) is 0.723. The molecule has 3 rings (SSSR count). The lowest BCUT2D eigenvalue weighted by Gasteiger charge is -2.34. The summed E-state index contributed by atoms with van der Waals surface area (Å²) in [6.45, 7) is 2.45. The summed E-state index contributed by atoms with van der Waals surface area (Å²) < 4.78 is 0. The van der Waals surface area contributed by atoms with Gasteiger partial charge in [0.05, 0.1) is 5.41 Å². The molecular formula is C16H21ClN2O. The van der Waals surface area contributed by atoms with Gasteiger partial charge in [-0.05, 0) is 55.8 Å². The Bertz CT molecular complexity index is 488. The molecule has 1 aliphatic heterocycles. The molecule has 2 N–H and O–H groups in total. The molecule has 1 amide bonds. The second-order valence-corrected chi connectivity index (χ2v) is 6.50. The monoisotopic (exact) mass is 292 g/mol. The molecule has 0 radical (unpaired) electrons. The fourth-order valence-electron chi connectivity index (χ4n) is 3.19. The number of amides is 1. The van der Waals surface area contributed by atoms with Crippen molar-refractivity contribution in [1.82, 2.24) is 4.90 Å². The van der Waals surface area contributed by atoms with Crippen molar-refractivity contribution in [2.45, 2.75) is 31.1 Å². The first-order valence-electron chi connectivity index (χ1n) is 7.41. The van der Waals surface area contributed by atoms with Crippen LogP contribution >= 0.6 is 11.6 Å². The van der Waals surface area contributed by atoms with E-state index in [0.29, 0.717) is 11.8 Å². The van der Waals surface area contributed by atoms with E-state index < -0.39 is 0 Å². The van der Waals surface area contributed by atoms with E-state index in [1.165, 1.54) is 0 Å². The van der Waals surface area contributed by atoms with Gasteiger partial charge >= 0.3 is 0 Å². The van der Waals surface area contributed by atoms with Crippen LogP contribution in [0.1, 0.15) is 31.2 Å². The second-order valence-electron chi connectivity index (χ2n) is 6.06. The maximum absolute atomic E-state index is 12.8. The molecule has 1 aromatic rings. The average molecular weight is 293 g/mol. The number of hydrogen-bond acceptors (Lipinski definition) is 2. The minimum atomic E-state index is -0.264. The van der Waals surface area contributed by atoms with Gasteiger partial charge in [-0.3, -0.25) is 4.79 Å². The van der Waals surface area contributed by atoms with E-state index in [1.807, 2.05) is 29.2 Å². The Balaban J connectivity index is 1.72. The van der Waals surface area contributed by atoms with Crippen molar-refractivity contribution < 1.29 is 4.79 Å². The number of carbonyl (C=O) groups is 1. The summed E-state index contributed by atoms with van der Waals surface area (Å²) in [5.74, 6) is 0.889. The predicted octanol–water partition coefficient (Wildman–Crippen LogP) is 2.57. The van der Waals surface area contributed by atoms with Crippen LogP contribution in [-0.4, -0.2) is 30.4 Å². The highest BCUT2D eigenvalue weighted by atomic mass is 35.5. The van der Waals surface area contributed by atoms with Crippen LogP contribution in [0.2, 0.25) is 5.02 Å². The van der Waals surface area contributed by atoms with Crippen LogP contribution in [-0.2, 0) is 10.2 Å². The van der Waals surface area contributed by atoms with E-state index in [0.717, 1.165) is 55.9 Å². The number of benzene rings is 1. The summed E-state index contributed by atoms with van der Waals surface area (Å²) in [6, 6.07) is 7.76. The van der Waals surface area contributed by atoms with Crippen LogP contribution in [0.4, 0.5) is 0 Å². The van der Waals surface area contributed by atoms with Crippen LogP contribution in [0.25, 0.3) is 0 Å². The first-order chi connectivity index (χ1) is 9.65. The van der Waals surface area contributed by atoms with E-state index in [1.54, 1.807) is 0 Å². The lowest BCUT2D eigenvalue weighted by atomic mass is 9.91. The molecule has 1 aromatic carbocycles. The van der Waals surface area contributed by atoms with E-state index in [4.69, 9.17) is 17.3 Å². The van der Waals surface area contributed by atoms with Crippen LogP contribution in [0, 0.1) is 5.92 Å². The Kier molecular flexibility index (Phi) is 3.74. The molecule has 20 heavy (non-hydrogen) atoms. The highest BCUT2D eigenvalue weighted by Crippen LogP contribution is 2.50. The molecule has 108 valence electrons. The summed E-state index contributed by atoms with van der Waals surface area (Å²) in [7, 11) is 0. The summed E-state index contributed by atoms with van der Waals surface area (Å²) >= 11 is 5.94. The summed E-state index contributed by atoms with van der Waals surface area (Å²) in [5.41, 5.74) is 6.57. The van der Waals surface area contributed by atoms with Crippen molar-refractivity contribution >= 4 is 17.5 Å². The molecule has 0 atom stereocenters. The standard InChI is InChI=1S/C16H21ClN2O/c17-14-3-1-13(2-4-14)16(7-8-16)15(20)19-9-5-12(11-18)6-10-19/h1-4,12H,5-11,18H2. The van der Waals surface area contributed by atoms with Gasteiger partial charge in [-0.2, -0.15) is 0 Å². The second kappa shape index (κ2) is 5.38. The van der Waals surface area contributed by atoms with Crippen molar-refractivity contribution in [3.63, 3.8) is 0 Å². The highest BCUT2D eigenvalue weighted by Gasteiger charge is 2.53. The van der Waals surface area contributed by atoms with Crippen LogP contribution in [0.3, 0.4) is 0 Å². The first kappa shape index (κ1) is 13.9. The van der Waals surface area contributed by atoms with Gasteiger partial charge in [0.1, 0.15) is 0 Å². The molecule has 2 aliphatic rings. The Hall–Kier alpha value is -1.06. The zero-order valence-electron chi connectivity index (χ0n) is 11.6. The van der Waals surface area contributed by atoms with Crippen molar-refractivity contribution in [2.24, 2.45) is 11.7 Å². The highest BCUT2D eigenvalue weighted by molar-refractivity contribution is 6.30. The largest absolute Gasteiger partial charge is 0.342 e. The fraction of sp³-hybridized carbons (Fsp3) is 0.562. The number of nitrogens with two attached hydrogens (primary N) is 1. The molecule has 1 aliphatic carbocycles. The SMILES string of the molecule is NCC1CCN(C(=O)C2(c3ccc(Cl)cc3)CC2)CC1. The third-order valence-corrected chi connectivity index (χ3v) is 5.04. The third-order valence-electron chi connectivity index (χ3n) is 4.79. The van der Waals surface area contributed by atoms with E-state index >= 15 is 0 Å². The Morgan fingerprint density at radius 1 is 1.25 bits per heavy atom. The van der Waals surface area contributed by atoms with Gasteiger partial charge in [0.15, 0.2) is 0 Å². The smallest absolute Gasteiger partial charge is 0.233 e. The molecule has 1 heterocycles. The fourth-order valence-corrected chi connectivity index (χ4v) is 3.32. The lowest BCUT2D eigenvalue weighted by molar-refractivity contribution is -0.135. The number of halogens is 1. The first-order valence-corrected chi connectivity index (χ1v) is 7.79. The summed E-state index contributed by atoms with van der Waals surface area (Å²) in [4.78, 5) is 14.9. The Morgan fingerprint density at radius 3 is 2.35 bits per heavy atom. The van der Waals surface area contributed by atoms with Gasteiger partial charge in [-0.15, -0.1) is 0 Å². The molecule has 1 saturated heterocycles. The molecule has 0 aromatic heterocycles. The maximum Gasteiger partial charge on any atom is 0.233 e. The molecule has 4 heteroatoms. The molecule has 0 unspecified atom stereocenters. The number of carbonyl (C=O) groups excluding carboxylic acids is 1. The minimum absolute atomic E-state index is 0.264. The van der Waals surface area contributed by atoms with Crippen molar-refractivity contribution in [2.75, 3.05) is 19.6 Å². The van der Waals surface area contributed by atoms with Crippen LogP contribution in [0.15, 0.2) is 24.3 Å². The van der Waals surface area contributed by atoms with Crippen molar-refractivity contribution in [3.8, 4) is 0 Å². The topological polar surface area (TPSA) is 46.3 Å². The molecule has 0 bridgehead atoms. The number of rotatable bonds is 3. The lowest BCUT2D eigenvalue weighted by Crippen LogP contribution is -2.44. The van der Waals surface area contributed by atoms with Crippen molar-refractivity contribution in [3.05, 3.63) is 34.9 Å². The van der Waals surface area contributed by atoms with E-state index in [-0.39, 0.29) is 5.41 Å². The molecule has 3 nitrogen and oxygen atoms in total. The van der Waals surface area contributed by atoms with Gasteiger partial charge in [0, 0.05) is 18.1 Å². The normalized spacial score (nSPS) is 21.8. The van der Waals surface area contributed by atoms with Crippen LogP contribution in [0.5, 0.6) is 0 Å². The van der Waals surface area contributed by atoms with E-state index in [9.17, 15) is 4.79 Å². The van der Waals surface area contributed by atoms with E-state index in [2.05, 4.69) is 0 Å². The average Bonchev–Trinajstić information content (AvgIpc) is 3.29. The van der Waals surface area contributed by atoms with Gasteiger partial charge in [-0.1, -0.05) is 23.7 Å². The quantitative estimate of drug-likeness (QED) is 0.931. The van der Waals surface area contributed by atoms with Gasteiger partial charge in [0.25, 0.3) is 0 Å². The maximum atomic E-state index is 12.8. The number of hydrogen-bond donors (Lipinski definition) is 1. The third kappa shape index (κ3) is 2.45. The van der Waals surface area contributed by atoms with Crippen molar-refractivity contribution in [1.29, 1.82) is 0 Å². The number of likely N-dealkylation sites (tertiary alicyclic amines) is 1. The Morgan fingerprint density at radius 2 is 1.85 bits per heavy atom. The predicted molar refractivity (Wildman–Crippen MR) is 80.7 cm³/mol. The molecular weight excluding hydrogens is 272 g/mol. The van der Waals surface area contributed by atoms with Gasteiger partial charge in [0.2, 0.25) is 5.91 Å². The molecule has 0 spiro atoms. The Labute approximate surface area is 125 Å². The number of nitrogens with zero attached hydrogens (tertiary/aromatic N) is 1. The zero-order valence-corrected chi connectivity index (χ0v) is 12.4. The molecule has 2 fully saturated rings. The molecule has 1 saturated carbocycles. The van der Waals surface area contributed by atoms with Gasteiger partial charge in [-0.25, -0.2) is 0 Å².